The Bertz CT molecular complexity index is 3300. The predicted octanol–water partition coefficient (Wildman–Crippen LogP) is 4.96. The molecule has 0 spiro atoms. The first kappa shape index (κ1) is 64.9. The highest BCUT2D eigenvalue weighted by Crippen LogP contribution is 2.30. The number of non-ortho nitro benzene ring substituents is 1. The number of amides is 6. The molecule has 0 atom stereocenters. The maximum atomic E-state index is 12.8. The lowest BCUT2D eigenvalue weighted by molar-refractivity contribution is -0.396. The Morgan fingerprint density at radius 3 is 1.41 bits per heavy atom. The standard InChI is InChI=1S/C31H33N7O11.C24H30N6O7/c1-35-23(17-33-30(35)38(45)46)20-47-26-11-6-21(19-48-31(42)49-24-9-7-22(8-10-24)37(43)44)16-25(26)34-27(39)18-32-14-4-2-3-5-15-36-28(40)12-13-29(36)41;1-28-18(13-26-24(28)30(35)36)16-37-20-7-6-17(15-31)12-19(20)27-21(32)14-25-10-4-2-3-5-11-29-22(33)8-9-23(29)34/h6-13,16-17,32H,2-5,14-15,18-20H2,1H3,(H,34,39);6-9,12-13,25,31H,2-5,10-11,14-16H2,1H3,(H,27,32). The molecule has 4 heterocycles. The van der Waals surface area contributed by atoms with Gasteiger partial charge in [-0.15, -0.1) is 0 Å². The number of anilines is 2. The second-order valence-electron chi connectivity index (χ2n) is 19.1. The Labute approximate surface area is 490 Å². The van der Waals surface area contributed by atoms with Gasteiger partial charge in [0.15, 0.2) is 11.4 Å². The fourth-order valence-corrected chi connectivity index (χ4v) is 8.31. The molecule has 456 valence electrons. The summed E-state index contributed by atoms with van der Waals surface area (Å²) < 4.78 is 24.4. The summed E-state index contributed by atoms with van der Waals surface area (Å²) in [4.78, 5) is 125. The number of rotatable bonds is 33. The third kappa shape index (κ3) is 19.7. The number of hydrogen-bond acceptors (Lipinski definition) is 22. The lowest BCUT2D eigenvalue weighted by Gasteiger charge is -2.15. The highest BCUT2D eigenvalue weighted by Gasteiger charge is 2.25. The zero-order valence-electron chi connectivity index (χ0n) is 46.9. The SMILES string of the molecule is Cn1c(COc2ccc(CO)cc2NC(=O)CNCCCCCCN2C(=O)C=CC2=O)cnc1[N+](=O)[O-].Cn1c(COc2ccc(COC(=O)Oc3ccc([N+](=O)[O-])cc3)cc2NC(=O)CNCCCCCCN2C(=O)C=CC2=O)cnc1[N+](=O)[O-]. The largest absolute Gasteiger partial charge is 0.514 e. The second-order valence-corrected chi connectivity index (χ2v) is 19.1. The van der Waals surface area contributed by atoms with Gasteiger partial charge in [0.25, 0.3) is 29.3 Å². The summed E-state index contributed by atoms with van der Waals surface area (Å²) in [5.74, 6) is -1.86. The Morgan fingerprint density at radius 2 is 0.988 bits per heavy atom. The molecule has 0 bridgehead atoms. The number of aliphatic hydroxyl groups excluding tert-OH is 1. The molecule has 86 heavy (non-hydrogen) atoms. The van der Waals surface area contributed by atoms with Crippen molar-refractivity contribution >= 4 is 70.6 Å². The van der Waals surface area contributed by atoms with Crippen LogP contribution in [0.1, 0.15) is 73.9 Å². The molecule has 2 aliphatic heterocycles. The van der Waals surface area contributed by atoms with Crippen molar-refractivity contribution in [3.63, 3.8) is 0 Å². The van der Waals surface area contributed by atoms with Gasteiger partial charge in [0.1, 0.15) is 49.5 Å². The van der Waals surface area contributed by atoms with Gasteiger partial charge in [-0.05, 0) is 96.1 Å². The number of carbonyl (C=O) groups excluding carboxylic acids is 7. The van der Waals surface area contributed by atoms with Gasteiger partial charge in [-0.2, -0.15) is 0 Å². The van der Waals surface area contributed by atoms with Crippen molar-refractivity contribution in [2.24, 2.45) is 14.1 Å². The maximum absolute atomic E-state index is 12.8. The summed E-state index contributed by atoms with van der Waals surface area (Å²) in [6, 6.07) is 14.4. The van der Waals surface area contributed by atoms with Gasteiger partial charge in [0.2, 0.25) is 11.8 Å². The van der Waals surface area contributed by atoms with E-state index < -0.39 is 26.8 Å². The van der Waals surface area contributed by atoms with Crippen molar-refractivity contribution < 1.29 is 72.4 Å². The normalized spacial score (nSPS) is 12.5. The molecule has 5 aromatic rings. The third-order valence-electron chi connectivity index (χ3n) is 13.0. The maximum Gasteiger partial charge on any atom is 0.514 e. The minimum absolute atomic E-state index is 0.00642. The summed E-state index contributed by atoms with van der Waals surface area (Å²) in [6.07, 6.45) is 13.1. The van der Waals surface area contributed by atoms with Crippen molar-refractivity contribution in [2.75, 3.05) is 49.9 Å². The first-order valence-electron chi connectivity index (χ1n) is 26.9. The molecular weight excluding hydrogens is 1130 g/mol. The van der Waals surface area contributed by atoms with Crippen LogP contribution in [-0.4, -0.2) is 130 Å². The highest BCUT2D eigenvalue weighted by atomic mass is 16.7. The number of hydrogen-bond donors (Lipinski definition) is 5. The number of nitro groups is 3. The summed E-state index contributed by atoms with van der Waals surface area (Å²) in [7, 11) is 2.99. The Morgan fingerprint density at radius 1 is 0.558 bits per heavy atom. The van der Waals surface area contributed by atoms with Crippen LogP contribution in [0.25, 0.3) is 0 Å². The quantitative estimate of drug-likeness (QED) is 0.00925. The van der Waals surface area contributed by atoms with Gasteiger partial charge in [-0.25, -0.2) is 13.9 Å². The second kappa shape index (κ2) is 32.5. The third-order valence-corrected chi connectivity index (χ3v) is 13.0. The van der Waals surface area contributed by atoms with Crippen LogP contribution in [0, 0.1) is 30.3 Å². The number of unbranched alkanes of at least 4 members (excludes halogenated alkanes) is 6. The Balaban J connectivity index is 0.000000286. The number of ether oxygens (including phenoxy) is 4. The van der Waals surface area contributed by atoms with E-state index in [1.807, 2.05) is 0 Å². The van der Waals surface area contributed by atoms with E-state index in [4.69, 9.17) is 18.9 Å². The van der Waals surface area contributed by atoms with Crippen LogP contribution in [0.3, 0.4) is 0 Å². The first-order chi connectivity index (χ1) is 41.3. The number of aliphatic hydroxyl groups is 1. The van der Waals surface area contributed by atoms with Crippen LogP contribution < -0.4 is 35.5 Å². The van der Waals surface area contributed by atoms with Crippen LogP contribution >= 0.6 is 0 Å². The average molecular weight is 1190 g/mol. The van der Waals surface area contributed by atoms with E-state index in [1.165, 1.54) is 106 Å². The lowest BCUT2D eigenvalue weighted by atomic mass is 10.2. The first-order valence-corrected chi connectivity index (χ1v) is 26.9. The number of nitrogens with zero attached hydrogens (tertiary/aromatic N) is 9. The molecule has 0 fully saturated rings. The van der Waals surface area contributed by atoms with Gasteiger partial charge in [0, 0.05) is 49.5 Å². The number of imide groups is 2. The van der Waals surface area contributed by atoms with Gasteiger partial charge in [-0.3, -0.25) is 48.7 Å². The molecule has 2 aliphatic rings. The monoisotopic (exact) mass is 1190 g/mol. The van der Waals surface area contributed by atoms with Crippen molar-refractivity contribution in [1.29, 1.82) is 0 Å². The number of nitro benzene ring substituents is 1. The van der Waals surface area contributed by atoms with Crippen LogP contribution in [0.4, 0.5) is 33.8 Å². The van der Waals surface area contributed by atoms with E-state index >= 15 is 0 Å². The predicted molar refractivity (Wildman–Crippen MR) is 303 cm³/mol. The van der Waals surface area contributed by atoms with E-state index in [1.54, 1.807) is 24.3 Å². The molecule has 5 N–H and O–H groups in total. The van der Waals surface area contributed by atoms with Crippen molar-refractivity contribution in [3.8, 4) is 17.2 Å². The number of imidazole rings is 2. The Kier molecular flexibility index (Phi) is 24.6. The van der Waals surface area contributed by atoms with Crippen LogP contribution in [-0.2, 0) is 74.0 Å². The molecule has 31 nitrogen and oxygen atoms in total. The number of aromatic nitrogens is 4. The van der Waals surface area contributed by atoms with Crippen molar-refractivity contribution in [2.45, 2.75) is 77.8 Å². The molecule has 2 aromatic heterocycles. The fraction of sp³-hybridized carbons (Fsp3) is 0.364. The van der Waals surface area contributed by atoms with E-state index in [0.29, 0.717) is 66.6 Å². The zero-order chi connectivity index (χ0) is 62.1. The smallest absolute Gasteiger partial charge is 0.484 e. The summed E-state index contributed by atoms with van der Waals surface area (Å²) in [5, 5.41) is 54.1. The van der Waals surface area contributed by atoms with Gasteiger partial charge < -0.3 is 65.5 Å². The molecule has 3 aromatic carbocycles. The lowest BCUT2D eigenvalue weighted by Crippen LogP contribution is -2.31. The van der Waals surface area contributed by atoms with Gasteiger partial charge in [-0.1, -0.05) is 47.8 Å². The van der Waals surface area contributed by atoms with Gasteiger partial charge in [0.05, 0.1) is 50.1 Å². The summed E-state index contributed by atoms with van der Waals surface area (Å²) >= 11 is 0. The van der Waals surface area contributed by atoms with E-state index in [9.17, 15) is 69.0 Å². The molecule has 0 radical (unpaired) electrons. The topological polar surface area (TPSA) is 396 Å². The summed E-state index contributed by atoms with van der Waals surface area (Å²) in [6.45, 7) is 1.41. The molecule has 0 saturated carbocycles. The molecule has 6 amide bonds. The average Bonchev–Trinajstić information content (AvgIpc) is 2.94. The molecule has 7 rings (SSSR count). The molecular formula is C55H63N13O18. The highest BCUT2D eigenvalue weighted by molar-refractivity contribution is 6.13. The van der Waals surface area contributed by atoms with Crippen LogP contribution in [0.5, 0.6) is 17.2 Å². The van der Waals surface area contributed by atoms with E-state index in [-0.39, 0.29) is 104 Å². The zero-order valence-corrected chi connectivity index (χ0v) is 46.9. The molecule has 31 heteroatoms. The van der Waals surface area contributed by atoms with Gasteiger partial charge >= 0.3 is 18.1 Å². The minimum atomic E-state index is -1.06. The number of carbonyl (C=O) groups is 7. The van der Waals surface area contributed by atoms with E-state index in [0.717, 1.165) is 44.9 Å². The van der Waals surface area contributed by atoms with Crippen molar-refractivity contribution in [1.82, 2.24) is 39.5 Å². The molecule has 0 unspecified atom stereocenters. The summed E-state index contributed by atoms with van der Waals surface area (Å²) in [5.41, 5.74) is 2.37. The van der Waals surface area contributed by atoms with E-state index in [2.05, 4.69) is 31.2 Å². The molecule has 0 saturated heterocycles. The van der Waals surface area contributed by atoms with Crippen LogP contribution in [0.2, 0.25) is 0 Å². The number of benzene rings is 3. The Hall–Kier alpha value is -10.3. The minimum Gasteiger partial charge on any atom is -0.484 e. The van der Waals surface area contributed by atoms with Crippen molar-refractivity contribution in [3.05, 3.63) is 150 Å². The van der Waals surface area contributed by atoms with Crippen LogP contribution in [0.15, 0.2) is 97.4 Å². The molecule has 0 aliphatic carbocycles. The number of nitrogens with one attached hydrogen (secondary N) is 4. The fourth-order valence-electron chi connectivity index (χ4n) is 8.31.